The molecule has 0 bridgehead atoms. The lowest BCUT2D eigenvalue weighted by Crippen LogP contribution is -2.46. The second-order valence-corrected chi connectivity index (χ2v) is 8.05. The lowest BCUT2D eigenvalue weighted by Gasteiger charge is -2.42. The van der Waals surface area contributed by atoms with Crippen LogP contribution in [0.1, 0.15) is 36.8 Å². The summed E-state index contributed by atoms with van der Waals surface area (Å²) in [5.74, 6) is 1.60. The highest BCUT2D eigenvalue weighted by Crippen LogP contribution is 2.49. The van der Waals surface area contributed by atoms with Gasteiger partial charge in [-0.05, 0) is 62.2 Å². The third-order valence-electron chi connectivity index (χ3n) is 6.57. The maximum atomic E-state index is 5.58. The number of ether oxygens (including phenoxy) is 2. The molecule has 154 valence electrons. The molecule has 2 aromatic rings. The van der Waals surface area contributed by atoms with E-state index in [-0.39, 0.29) is 5.41 Å². The molecule has 1 aliphatic carbocycles. The summed E-state index contributed by atoms with van der Waals surface area (Å²) in [7, 11) is 5.63. The maximum Gasteiger partial charge on any atom is 0.161 e. The predicted octanol–water partition coefficient (Wildman–Crippen LogP) is 3.37. The first kappa shape index (κ1) is 19.7. The molecule has 2 fully saturated rings. The van der Waals surface area contributed by atoms with Crippen molar-refractivity contribution in [3.63, 3.8) is 0 Å². The Kier molecular flexibility index (Phi) is 5.72. The molecule has 1 aromatic heterocycles. The van der Waals surface area contributed by atoms with E-state index < -0.39 is 0 Å². The quantitative estimate of drug-likeness (QED) is 0.762. The van der Waals surface area contributed by atoms with Gasteiger partial charge in [0, 0.05) is 36.0 Å². The molecule has 1 saturated heterocycles. The monoisotopic (exact) mass is 394 g/mol. The molecule has 0 spiro atoms. The first-order valence-electron chi connectivity index (χ1n) is 10.3. The lowest BCUT2D eigenvalue weighted by atomic mass is 9.65. The summed E-state index contributed by atoms with van der Waals surface area (Å²) < 4.78 is 11.0. The molecule has 0 unspecified atom stereocenters. The summed E-state index contributed by atoms with van der Waals surface area (Å²) in [5, 5.41) is 4.73. The average Bonchev–Trinajstić information content (AvgIpc) is 3.11. The highest BCUT2D eigenvalue weighted by Gasteiger charge is 2.49. The molecule has 4 rings (SSSR count). The molecular weight excluding hydrogens is 364 g/mol. The van der Waals surface area contributed by atoms with Gasteiger partial charge in [-0.1, -0.05) is 12.1 Å². The SMILES string of the molecule is COc1ccc([C@@]23CC/C(=N\NCc4cccnc4)C[C@@H]2N(C)CC3)cc1OC. The van der Waals surface area contributed by atoms with Crippen LogP contribution >= 0.6 is 0 Å². The number of nitrogens with one attached hydrogen (secondary N) is 1. The van der Waals surface area contributed by atoms with Gasteiger partial charge in [-0.3, -0.25) is 4.98 Å². The molecule has 0 amide bonds. The predicted molar refractivity (Wildman–Crippen MR) is 115 cm³/mol. The van der Waals surface area contributed by atoms with Crippen LogP contribution in [-0.2, 0) is 12.0 Å². The number of methoxy groups -OCH3 is 2. The second-order valence-electron chi connectivity index (χ2n) is 8.05. The van der Waals surface area contributed by atoms with Crippen molar-refractivity contribution in [2.24, 2.45) is 5.10 Å². The Balaban J connectivity index is 1.52. The minimum absolute atomic E-state index is 0.149. The van der Waals surface area contributed by atoms with Gasteiger partial charge in [-0.2, -0.15) is 5.10 Å². The highest BCUT2D eigenvalue weighted by molar-refractivity contribution is 5.86. The van der Waals surface area contributed by atoms with Crippen molar-refractivity contribution in [1.82, 2.24) is 15.3 Å². The maximum absolute atomic E-state index is 5.58. The molecule has 1 aliphatic heterocycles. The van der Waals surface area contributed by atoms with Crippen LogP contribution in [0.2, 0.25) is 0 Å². The largest absolute Gasteiger partial charge is 0.493 e. The summed E-state index contributed by atoms with van der Waals surface area (Å²) in [4.78, 5) is 6.65. The molecule has 6 nitrogen and oxygen atoms in total. The fourth-order valence-corrected chi connectivity index (χ4v) is 4.93. The topological polar surface area (TPSA) is 59.0 Å². The molecule has 2 aliphatic rings. The van der Waals surface area contributed by atoms with Gasteiger partial charge >= 0.3 is 0 Å². The van der Waals surface area contributed by atoms with Crippen molar-refractivity contribution in [3.05, 3.63) is 53.9 Å². The van der Waals surface area contributed by atoms with Gasteiger partial charge in [-0.15, -0.1) is 0 Å². The van der Waals surface area contributed by atoms with Gasteiger partial charge in [0.25, 0.3) is 0 Å². The number of likely N-dealkylation sites (tertiary alicyclic amines) is 1. The van der Waals surface area contributed by atoms with Gasteiger partial charge in [0.2, 0.25) is 0 Å². The molecule has 0 radical (unpaired) electrons. The van der Waals surface area contributed by atoms with Gasteiger partial charge in [0.1, 0.15) is 0 Å². The Morgan fingerprint density at radius 3 is 2.83 bits per heavy atom. The first-order chi connectivity index (χ1) is 14.2. The number of hydrogen-bond acceptors (Lipinski definition) is 6. The third-order valence-corrected chi connectivity index (χ3v) is 6.57. The summed E-state index contributed by atoms with van der Waals surface area (Å²) in [6.45, 7) is 1.81. The van der Waals surface area contributed by atoms with Crippen molar-refractivity contribution >= 4 is 5.71 Å². The van der Waals surface area contributed by atoms with E-state index in [1.807, 2.05) is 18.3 Å². The van der Waals surface area contributed by atoms with Gasteiger partial charge in [0.15, 0.2) is 11.5 Å². The minimum Gasteiger partial charge on any atom is -0.493 e. The van der Waals surface area contributed by atoms with Gasteiger partial charge < -0.3 is 19.8 Å². The normalized spacial score (nSPS) is 25.6. The molecular formula is C23H30N4O2. The summed E-state index contributed by atoms with van der Waals surface area (Å²) in [5.41, 5.74) is 7.14. The number of likely N-dealkylation sites (N-methyl/N-ethyl adjacent to an activating group) is 1. The van der Waals surface area contributed by atoms with E-state index in [1.165, 1.54) is 17.7 Å². The van der Waals surface area contributed by atoms with Crippen molar-refractivity contribution < 1.29 is 9.47 Å². The number of pyridine rings is 1. The molecule has 29 heavy (non-hydrogen) atoms. The van der Waals surface area contributed by atoms with Crippen LogP contribution in [0, 0.1) is 0 Å². The van der Waals surface area contributed by atoms with Crippen molar-refractivity contribution in [2.75, 3.05) is 27.8 Å². The Labute approximate surface area is 172 Å². The van der Waals surface area contributed by atoms with E-state index in [0.29, 0.717) is 12.6 Å². The highest BCUT2D eigenvalue weighted by atomic mass is 16.5. The van der Waals surface area contributed by atoms with Gasteiger partial charge in [-0.25, -0.2) is 0 Å². The van der Waals surface area contributed by atoms with E-state index in [1.54, 1.807) is 20.4 Å². The van der Waals surface area contributed by atoms with E-state index in [4.69, 9.17) is 14.6 Å². The molecule has 2 atom stereocenters. The first-order valence-corrected chi connectivity index (χ1v) is 10.3. The van der Waals surface area contributed by atoms with Crippen LogP contribution in [0.25, 0.3) is 0 Å². The van der Waals surface area contributed by atoms with Crippen LogP contribution in [0.15, 0.2) is 47.8 Å². The van der Waals surface area contributed by atoms with Crippen LogP contribution < -0.4 is 14.9 Å². The Morgan fingerprint density at radius 1 is 1.21 bits per heavy atom. The lowest BCUT2D eigenvalue weighted by molar-refractivity contribution is 0.226. The van der Waals surface area contributed by atoms with Crippen LogP contribution in [-0.4, -0.2) is 49.4 Å². The Hall–Kier alpha value is -2.60. The number of hydrazone groups is 1. The van der Waals surface area contributed by atoms with Gasteiger partial charge in [0.05, 0.1) is 20.8 Å². The smallest absolute Gasteiger partial charge is 0.161 e. The number of fused-ring (bicyclic) bond motifs is 1. The van der Waals surface area contributed by atoms with E-state index in [2.05, 4.69) is 40.6 Å². The van der Waals surface area contributed by atoms with E-state index in [9.17, 15) is 0 Å². The Morgan fingerprint density at radius 2 is 2.07 bits per heavy atom. The molecule has 2 heterocycles. The molecule has 1 saturated carbocycles. The van der Waals surface area contributed by atoms with Crippen molar-refractivity contribution in [3.8, 4) is 11.5 Å². The zero-order valence-electron chi connectivity index (χ0n) is 17.5. The number of benzene rings is 1. The second kappa shape index (κ2) is 8.41. The van der Waals surface area contributed by atoms with E-state index >= 15 is 0 Å². The van der Waals surface area contributed by atoms with Crippen molar-refractivity contribution in [1.29, 1.82) is 0 Å². The fourth-order valence-electron chi connectivity index (χ4n) is 4.93. The molecule has 1 N–H and O–H groups in total. The number of aromatic nitrogens is 1. The zero-order chi connectivity index (χ0) is 20.3. The standard InChI is InChI=1S/C23H30N4O2/c1-27-12-10-23(18-6-7-20(28-2)21(13-18)29-3)9-8-19(14-22(23)27)26-25-16-17-5-4-11-24-15-17/h4-7,11,13,15,22,25H,8-10,12,14,16H2,1-3H3/b26-19+/t22-,23-/m0/s1. The Bertz CT molecular complexity index is 870. The number of hydrogen-bond donors (Lipinski definition) is 1. The van der Waals surface area contributed by atoms with Crippen LogP contribution in [0.5, 0.6) is 11.5 Å². The molecule has 6 heteroatoms. The van der Waals surface area contributed by atoms with Crippen LogP contribution in [0.4, 0.5) is 0 Å². The number of nitrogens with zero attached hydrogens (tertiary/aromatic N) is 3. The zero-order valence-corrected chi connectivity index (χ0v) is 17.5. The summed E-state index contributed by atoms with van der Waals surface area (Å²) in [6, 6.07) is 10.9. The van der Waals surface area contributed by atoms with Crippen molar-refractivity contribution in [2.45, 2.75) is 43.7 Å². The fraction of sp³-hybridized carbons (Fsp3) is 0.478. The average molecular weight is 395 g/mol. The summed E-state index contributed by atoms with van der Waals surface area (Å²) in [6.07, 6.45) is 7.94. The minimum atomic E-state index is 0.149. The number of rotatable bonds is 6. The third kappa shape index (κ3) is 3.81. The summed E-state index contributed by atoms with van der Waals surface area (Å²) >= 11 is 0. The molecule has 1 aromatic carbocycles. The van der Waals surface area contributed by atoms with E-state index in [0.717, 1.165) is 42.9 Å². The van der Waals surface area contributed by atoms with Crippen LogP contribution in [0.3, 0.4) is 0 Å².